The molecule has 0 unspecified atom stereocenters. The zero-order valence-corrected chi connectivity index (χ0v) is 17.9. The lowest BCUT2D eigenvalue weighted by Crippen LogP contribution is -2.14. The summed E-state index contributed by atoms with van der Waals surface area (Å²) in [6.07, 6.45) is 1.59. The van der Waals surface area contributed by atoms with Crippen LogP contribution in [0.5, 0.6) is 0 Å². The number of nitriles is 1. The summed E-state index contributed by atoms with van der Waals surface area (Å²) in [5.74, 6) is -0.849. The molecule has 1 N–H and O–H groups in total. The summed E-state index contributed by atoms with van der Waals surface area (Å²) in [6, 6.07) is 18.4. The van der Waals surface area contributed by atoms with Crippen molar-refractivity contribution in [2.45, 2.75) is 20.8 Å². The Morgan fingerprint density at radius 1 is 1.06 bits per heavy atom. The number of para-hydroxylation sites is 1. The number of nitrogens with one attached hydrogen (secondary N) is 1. The first kappa shape index (κ1) is 21.6. The number of anilines is 1. The highest BCUT2D eigenvalue weighted by molar-refractivity contribution is 6.10. The fraction of sp³-hybridized carbons (Fsp3) is 0.160. The molecule has 0 bridgehead atoms. The smallest absolute Gasteiger partial charge is 0.337 e. The van der Waals surface area contributed by atoms with Crippen LogP contribution in [-0.4, -0.2) is 23.6 Å². The Balaban J connectivity index is 1.92. The molecule has 0 saturated heterocycles. The third-order valence-corrected chi connectivity index (χ3v) is 5.08. The molecule has 6 nitrogen and oxygen atoms in total. The number of esters is 1. The van der Waals surface area contributed by atoms with Crippen LogP contribution < -0.4 is 5.32 Å². The van der Waals surface area contributed by atoms with Crippen molar-refractivity contribution < 1.29 is 14.3 Å². The van der Waals surface area contributed by atoms with Gasteiger partial charge in [-0.15, -0.1) is 0 Å². The number of aryl methyl sites for hydroxylation is 2. The minimum Gasteiger partial charge on any atom is -0.465 e. The Bertz CT molecular complexity index is 1210. The highest BCUT2D eigenvalue weighted by Crippen LogP contribution is 2.24. The van der Waals surface area contributed by atoms with E-state index in [1.54, 1.807) is 24.3 Å². The normalized spacial score (nSPS) is 11.0. The van der Waals surface area contributed by atoms with E-state index in [1.807, 2.05) is 67.8 Å². The Kier molecular flexibility index (Phi) is 6.37. The first-order chi connectivity index (χ1) is 14.8. The molecule has 0 radical (unpaired) electrons. The lowest BCUT2D eigenvalue weighted by molar-refractivity contribution is -0.112. The van der Waals surface area contributed by atoms with Gasteiger partial charge in [-0.1, -0.05) is 18.2 Å². The summed E-state index contributed by atoms with van der Waals surface area (Å²) in [7, 11) is 1.34. The second-order valence-corrected chi connectivity index (χ2v) is 7.14. The minimum atomic E-state index is -0.455. The van der Waals surface area contributed by atoms with Gasteiger partial charge >= 0.3 is 5.97 Å². The number of hydrogen-bond acceptors (Lipinski definition) is 4. The predicted molar refractivity (Wildman–Crippen MR) is 120 cm³/mol. The molecule has 31 heavy (non-hydrogen) atoms. The molecule has 1 aromatic heterocycles. The molecule has 0 saturated carbocycles. The van der Waals surface area contributed by atoms with E-state index in [0.717, 1.165) is 28.2 Å². The number of hydrogen-bond donors (Lipinski definition) is 1. The molecule has 6 heteroatoms. The maximum Gasteiger partial charge on any atom is 0.337 e. The van der Waals surface area contributed by atoms with Crippen molar-refractivity contribution in [3.05, 3.63) is 88.2 Å². The zero-order chi connectivity index (χ0) is 22.5. The highest BCUT2D eigenvalue weighted by Gasteiger charge is 2.15. The number of carbonyl (C=O) groups is 2. The van der Waals surface area contributed by atoms with E-state index in [4.69, 9.17) is 4.74 Å². The van der Waals surface area contributed by atoms with Gasteiger partial charge in [0, 0.05) is 22.8 Å². The van der Waals surface area contributed by atoms with Crippen LogP contribution in [0, 0.1) is 32.1 Å². The van der Waals surface area contributed by atoms with E-state index < -0.39 is 11.9 Å². The average Bonchev–Trinajstić information content (AvgIpc) is 3.05. The SMILES string of the molecule is COC(=O)c1ccc(-n2c(C)cc(C=C(C#N)C(=O)Nc3ccccc3C)c2C)cc1. The molecule has 0 atom stereocenters. The lowest BCUT2D eigenvalue weighted by Gasteiger charge is -2.10. The molecular weight excluding hydrogens is 390 g/mol. The van der Waals surface area contributed by atoms with Gasteiger partial charge < -0.3 is 14.6 Å². The summed E-state index contributed by atoms with van der Waals surface area (Å²) in [5.41, 5.74) is 5.52. The van der Waals surface area contributed by atoms with Crippen LogP contribution in [0.1, 0.15) is 32.9 Å². The minimum absolute atomic E-state index is 0.0181. The second kappa shape index (κ2) is 9.14. The van der Waals surface area contributed by atoms with Crippen LogP contribution in [-0.2, 0) is 9.53 Å². The van der Waals surface area contributed by atoms with Gasteiger partial charge in [-0.25, -0.2) is 4.79 Å². The van der Waals surface area contributed by atoms with Gasteiger partial charge in [0.05, 0.1) is 12.7 Å². The number of amides is 1. The summed E-state index contributed by atoms with van der Waals surface area (Å²) in [4.78, 5) is 24.3. The quantitative estimate of drug-likeness (QED) is 0.372. The Morgan fingerprint density at radius 3 is 2.35 bits per heavy atom. The van der Waals surface area contributed by atoms with E-state index in [9.17, 15) is 14.9 Å². The largest absolute Gasteiger partial charge is 0.465 e. The molecule has 2 aromatic carbocycles. The van der Waals surface area contributed by atoms with Crippen molar-refractivity contribution in [1.29, 1.82) is 5.26 Å². The maximum absolute atomic E-state index is 12.7. The molecule has 1 heterocycles. The van der Waals surface area contributed by atoms with Crippen molar-refractivity contribution in [2.75, 3.05) is 12.4 Å². The molecule has 0 fully saturated rings. The number of methoxy groups -OCH3 is 1. The second-order valence-electron chi connectivity index (χ2n) is 7.14. The van der Waals surface area contributed by atoms with Gasteiger partial charge in [-0.2, -0.15) is 5.26 Å². The standard InChI is InChI=1S/C25H23N3O3/c1-16-7-5-6-8-23(16)27-24(29)21(15-26)14-20-13-17(2)28(18(20)3)22-11-9-19(10-12-22)25(30)31-4/h5-14H,1-4H3,(H,27,29). The molecule has 3 rings (SSSR count). The predicted octanol–water partition coefficient (Wildman–Crippen LogP) is 4.73. The lowest BCUT2D eigenvalue weighted by atomic mass is 10.1. The van der Waals surface area contributed by atoms with Gasteiger partial charge in [-0.05, 0) is 74.4 Å². The van der Waals surface area contributed by atoms with Gasteiger partial charge in [0.15, 0.2) is 0 Å². The van der Waals surface area contributed by atoms with Gasteiger partial charge in [0.25, 0.3) is 5.91 Å². The van der Waals surface area contributed by atoms with E-state index in [1.165, 1.54) is 7.11 Å². The third-order valence-electron chi connectivity index (χ3n) is 5.08. The maximum atomic E-state index is 12.7. The van der Waals surface area contributed by atoms with E-state index in [-0.39, 0.29) is 5.57 Å². The molecule has 0 aliphatic heterocycles. The summed E-state index contributed by atoms with van der Waals surface area (Å²) in [5, 5.41) is 12.4. The average molecular weight is 413 g/mol. The number of ether oxygens (including phenoxy) is 1. The van der Waals surface area contributed by atoms with Gasteiger partial charge in [-0.3, -0.25) is 4.79 Å². The van der Waals surface area contributed by atoms with Crippen LogP contribution in [0.3, 0.4) is 0 Å². The van der Waals surface area contributed by atoms with E-state index >= 15 is 0 Å². The fourth-order valence-corrected chi connectivity index (χ4v) is 3.40. The topological polar surface area (TPSA) is 84.1 Å². The monoisotopic (exact) mass is 413 g/mol. The number of benzene rings is 2. The van der Waals surface area contributed by atoms with Crippen LogP contribution in [0.25, 0.3) is 11.8 Å². The third kappa shape index (κ3) is 4.57. The van der Waals surface area contributed by atoms with Crippen LogP contribution in [0.4, 0.5) is 5.69 Å². The molecule has 0 aliphatic carbocycles. The number of rotatable bonds is 5. The molecule has 0 spiro atoms. The van der Waals surface area contributed by atoms with Gasteiger partial charge in [0.1, 0.15) is 11.6 Å². The van der Waals surface area contributed by atoms with Crippen LogP contribution in [0.15, 0.2) is 60.2 Å². The van der Waals surface area contributed by atoms with Crippen molar-refractivity contribution in [2.24, 2.45) is 0 Å². The molecular formula is C25H23N3O3. The Labute approximate surface area is 181 Å². The summed E-state index contributed by atoms with van der Waals surface area (Å²) >= 11 is 0. The summed E-state index contributed by atoms with van der Waals surface area (Å²) in [6.45, 7) is 5.75. The summed E-state index contributed by atoms with van der Waals surface area (Å²) < 4.78 is 6.74. The fourth-order valence-electron chi connectivity index (χ4n) is 3.40. The van der Waals surface area contributed by atoms with E-state index in [0.29, 0.717) is 11.3 Å². The number of aromatic nitrogens is 1. The molecule has 1 amide bonds. The van der Waals surface area contributed by atoms with Crippen LogP contribution in [0.2, 0.25) is 0 Å². The van der Waals surface area contributed by atoms with Gasteiger partial charge in [0.2, 0.25) is 0 Å². The number of nitrogens with zero attached hydrogens (tertiary/aromatic N) is 2. The first-order valence-electron chi connectivity index (χ1n) is 9.72. The van der Waals surface area contributed by atoms with Crippen molar-refractivity contribution in [1.82, 2.24) is 4.57 Å². The Hall–Kier alpha value is -4.11. The molecule has 3 aromatic rings. The molecule has 0 aliphatic rings. The van der Waals surface area contributed by atoms with Crippen LogP contribution >= 0.6 is 0 Å². The highest BCUT2D eigenvalue weighted by atomic mass is 16.5. The Morgan fingerprint density at radius 2 is 1.74 bits per heavy atom. The van der Waals surface area contributed by atoms with E-state index in [2.05, 4.69) is 5.32 Å². The van der Waals surface area contributed by atoms with Crippen molar-refractivity contribution in [3.63, 3.8) is 0 Å². The zero-order valence-electron chi connectivity index (χ0n) is 17.9. The first-order valence-corrected chi connectivity index (χ1v) is 9.72. The number of carbonyl (C=O) groups excluding carboxylic acids is 2. The molecule has 156 valence electrons. The van der Waals surface area contributed by atoms with Crippen molar-refractivity contribution in [3.8, 4) is 11.8 Å². The van der Waals surface area contributed by atoms with Crippen molar-refractivity contribution >= 4 is 23.6 Å².